The van der Waals surface area contributed by atoms with Gasteiger partial charge >= 0.3 is 23.9 Å². The van der Waals surface area contributed by atoms with E-state index in [1.807, 2.05) is 0 Å². The first-order valence-electron chi connectivity index (χ1n) is 7.76. The van der Waals surface area contributed by atoms with E-state index < -0.39 is 35.0 Å². The van der Waals surface area contributed by atoms with E-state index in [0.717, 1.165) is 23.3 Å². The van der Waals surface area contributed by atoms with Crippen molar-refractivity contribution in [1.82, 2.24) is 0 Å². The summed E-state index contributed by atoms with van der Waals surface area (Å²) in [6, 6.07) is 12.9. The zero-order valence-electron chi connectivity index (χ0n) is 14.2. The van der Waals surface area contributed by atoms with E-state index >= 15 is 0 Å². The van der Waals surface area contributed by atoms with Crippen molar-refractivity contribution >= 4 is 36.0 Å². The third-order valence-corrected chi connectivity index (χ3v) is 3.70. The van der Waals surface area contributed by atoms with Crippen LogP contribution in [0, 0.1) is 0 Å². The molecule has 0 aliphatic heterocycles. The molecule has 0 aliphatic rings. The van der Waals surface area contributed by atoms with E-state index in [4.69, 9.17) is 20.4 Å². The first kappa shape index (κ1) is 20.1. The van der Waals surface area contributed by atoms with Crippen molar-refractivity contribution in [2.24, 2.45) is 0 Å². The number of hydrogen-bond acceptors (Lipinski definition) is 4. The van der Waals surface area contributed by atoms with Gasteiger partial charge in [0.15, 0.2) is 0 Å². The molecule has 0 aromatic heterocycles. The molecule has 2 aromatic carbocycles. The lowest BCUT2D eigenvalue weighted by Crippen LogP contribution is -2.10. The van der Waals surface area contributed by atoms with Gasteiger partial charge in [0.1, 0.15) is 11.1 Å². The highest BCUT2D eigenvalue weighted by Gasteiger charge is 2.16. The third kappa shape index (κ3) is 4.92. The molecular weight excluding hydrogens is 368 g/mol. The lowest BCUT2D eigenvalue weighted by molar-refractivity contribution is -0.142. The molecule has 0 fully saturated rings. The Labute approximate surface area is 158 Å². The predicted molar refractivity (Wildman–Crippen MR) is 98.4 cm³/mol. The molecule has 8 heteroatoms. The molecule has 0 saturated heterocycles. The first-order valence-corrected chi connectivity index (χ1v) is 7.76. The topological polar surface area (TPSA) is 149 Å². The zero-order chi connectivity index (χ0) is 20.8. The van der Waals surface area contributed by atoms with Gasteiger partial charge in [-0.1, -0.05) is 48.5 Å². The minimum Gasteiger partial charge on any atom is -0.477 e. The molecule has 0 bridgehead atoms. The number of benzene rings is 2. The fourth-order valence-corrected chi connectivity index (χ4v) is 2.31. The van der Waals surface area contributed by atoms with Gasteiger partial charge in [-0.2, -0.15) is 0 Å². The van der Waals surface area contributed by atoms with Crippen LogP contribution in [0.5, 0.6) is 0 Å². The number of carboxylic acids is 4. The summed E-state index contributed by atoms with van der Waals surface area (Å²) in [5.41, 5.74) is 0.785. The number of rotatable bonds is 7. The van der Waals surface area contributed by atoms with Crippen LogP contribution in [0.4, 0.5) is 0 Å². The predicted octanol–water partition coefficient (Wildman–Crippen LogP) is 2.46. The fourth-order valence-electron chi connectivity index (χ4n) is 2.31. The third-order valence-electron chi connectivity index (χ3n) is 3.70. The maximum absolute atomic E-state index is 10.9. The van der Waals surface area contributed by atoms with Crippen LogP contribution in [-0.2, 0) is 19.2 Å². The Morgan fingerprint density at radius 3 is 0.964 bits per heavy atom. The van der Waals surface area contributed by atoms with E-state index in [9.17, 15) is 19.2 Å². The van der Waals surface area contributed by atoms with Gasteiger partial charge in [-0.25, -0.2) is 19.2 Å². The van der Waals surface area contributed by atoms with Gasteiger partial charge in [0.05, 0.1) is 0 Å². The van der Waals surface area contributed by atoms with E-state index in [2.05, 4.69) is 0 Å². The van der Waals surface area contributed by atoms with Gasteiger partial charge in [-0.3, -0.25) is 0 Å². The summed E-state index contributed by atoms with van der Waals surface area (Å²) in [5.74, 6) is -6.16. The summed E-state index contributed by atoms with van der Waals surface area (Å²) >= 11 is 0. The van der Waals surface area contributed by atoms with Gasteiger partial charge < -0.3 is 20.4 Å². The summed E-state index contributed by atoms with van der Waals surface area (Å²) < 4.78 is 0. The van der Waals surface area contributed by atoms with Crippen LogP contribution in [0.1, 0.15) is 11.1 Å². The Hall–Kier alpha value is -4.20. The summed E-state index contributed by atoms with van der Waals surface area (Å²) in [7, 11) is 0. The normalized spacial score (nSPS) is 9.86. The second-order valence-electron chi connectivity index (χ2n) is 5.58. The van der Waals surface area contributed by atoms with Crippen molar-refractivity contribution in [3.8, 4) is 11.1 Å². The second kappa shape index (κ2) is 8.45. The van der Waals surface area contributed by atoms with Crippen molar-refractivity contribution in [2.75, 3.05) is 0 Å². The van der Waals surface area contributed by atoms with Crippen molar-refractivity contribution in [3.05, 3.63) is 70.8 Å². The highest BCUT2D eigenvalue weighted by atomic mass is 16.4. The van der Waals surface area contributed by atoms with Gasteiger partial charge in [-0.15, -0.1) is 0 Å². The fraction of sp³-hybridized carbons (Fsp3) is 0. The van der Waals surface area contributed by atoms with Gasteiger partial charge in [-0.05, 0) is 34.4 Å². The van der Waals surface area contributed by atoms with Crippen molar-refractivity contribution in [2.45, 2.75) is 0 Å². The Bertz CT molecular complexity index is 880. The Balaban J connectivity index is 2.28. The van der Waals surface area contributed by atoms with Crippen LogP contribution in [0.15, 0.2) is 59.7 Å². The molecule has 0 spiro atoms. The van der Waals surface area contributed by atoms with Crippen LogP contribution in [0.3, 0.4) is 0 Å². The van der Waals surface area contributed by atoms with Gasteiger partial charge in [0, 0.05) is 0 Å². The van der Waals surface area contributed by atoms with Crippen LogP contribution in [0.25, 0.3) is 23.3 Å². The standard InChI is InChI=1S/C20H14O8/c21-17(22)15(18(23)24)9-11-1-5-13(6-2-11)14-7-3-12(4-8-14)10-16(19(25)26)20(27)28/h1-10H,(H,21,22)(H,23,24)(H,25,26)(H,27,28). The Morgan fingerprint density at radius 1 is 0.500 bits per heavy atom. The van der Waals surface area contributed by atoms with Crippen LogP contribution in [0.2, 0.25) is 0 Å². The van der Waals surface area contributed by atoms with Crippen LogP contribution >= 0.6 is 0 Å². The minimum absolute atomic E-state index is 0.399. The van der Waals surface area contributed by atoms with Crippen molar-refractivity contribution in [3.63, 3.8) is 0 Å². The van der Waals surface area contributed by atoms with Gasteiger partial charge in [0.25, 0.3) is 0 Å². The van der Waals surface area contributed by atoms with Gasteiger partial charge in [0.2, 0.25) is 0 Å². The molecule has 0 aliphatic carbocycles. The smallest absolute Gasteiger partial charge is 0.343 e. The van der Waals surface area contributed by atoms with Crippen LogP contribution in [-0.4, -0.2) is 44.3 Å². The molecule has 0 atom stereocenters. The number of aliphatic carboxylic acids is 4. The lowest BCUT2D eigenvalue weighted by Gasteiger charge is -2.04. The van der Waals surface area contributed by atoms with E-state index in [1.54, 1.807) is 48.5 Å². The summed E-state index contributed by atoms with van der Waals surface area (Å²) in [5, 5.41) is 35.5. The highest BCUT2D eigenvalue weighted by molar-refractivity contribution is 6.16. The molecule has 0 unspecified atom stereocenters. The monoisotopic (exact) mass is 382 g/mol. The summed E-state index contributed by atoms with van der Waals surface area (Å²) in [6.45, 7) is 0. The molecule has 142 valence electrons. The molecule has 2 aromatic rings. The molecule has 0 heterocycles. The molecule has 8 nitrogen and oxygen atoms in total. The molecular formula is C20H14O8. The Kier molecular flexibility index (Phi) is 6.07. The number of carbonyl (C=O) groups is 4. The second-order valence-corrected chi connectivity index (χ2v) is 5.58. The average Bonchev–Trinajstić information content (AvgIpc) is 2.64. The Morgan fingerprint density at radius 2 is 0.750 bits per heavy atom. The molecule has 28 heavy (non-hydrogen) atoms. The average molecular weight is 382 g/mol. The van der Waals surface area contributed by atoms with E-state index in [0.29, 0.717) is 11.1 Å². The summed E-state index contributed by atoms with van der Waals surface area (Å²) in [4.78, 5) is 43.6. The maximum atomic E-state index is 10.9. The molecule has 2 rings (SSSR count). The maximum Gasteiger partial charge on any atom is 0.343 e. The van der Waals surface area contributed by atoms with Crippen molar-refractivity contribution < 1.29 is 39.6 Å². The number of hydrogen-bond donors (Lipinski definition) is 4. The zero-order valence-corrected chi connectivity index (χ0v) is 14.2. The minimum atomic E-state index is -1.54. The quantitative estimate of drug-likeness (QED) is 0.324. The van der Waals surface area contributed by atoms with Crippen LogP contribution < -0.4 is 0 Å². The molecule has 0 saturated carbocycles. The van der Waals surface area contributed by atoms with E-state index in [1.165, 1.54) is 0 Å². The van der Waals surface area contributed by atoms with E-state index in [-0.39, 0.29) is 0 Å². The SMILES string of the molecule is O=C(O)C(=Cc1ccc(-c2ccc(C=C(C(=O)O)C(=O)O)cc2)cc1)C(=O)O. The molecule has 0 amide bonds. The highest BCUT2D eigenvalue weighted by Crippen LogP contribution is 2.22. The van der Waals surface area contributed by atoms with Crippen molar-refractivity contribution in [1.29, 1.82) is 0 Å². The molecule has 0 radical (unpaired) electrons. The molecule has 4 N–H and O–H groups in total. The largest absolute Gasteiger partial charge is 0.477 e. The number of carboxylic acid groups (broad SMARTS) is 4. The first-order chi connectivity index (χ1) is 13.2. The lowest BCUT2D eigenvalue weighted by atomic mass is 10.0. The summed E-state index contributed by atoms with van der Waals surface area (Å²) in [6.07, 6.45) is 2.09.